The third-order valence-corrected chi connectivity index (χ3v) is 2.67. The lowest BCUT2D eigenvalue weighted by atomic mass is 10.1. The standard InChI is InChI=1S/C13H21N3O/c1-15-12(8-5-9-14)13(17)16-10-11-6-3-2-4-7-11/h2-4,6-7,12,15H,5,8-10,14H2,1H3,(H,16,17)/t12-/m0/s1. The molecule has 0 saturated carbocycles. The van der Waals surface area contributed by atoms with Crippen LogP contribution in [0.5, 0.6) is 0 Å². The van der Waals surface area contributed by atoms with E-state index in [1.807, 2.05) is 30.3 Å². The quantitative estimate of drug-likeness (QED) is 0.649. The van der Waals surface area contributed by atoms with Crippen molar-refractivity contribution in [1.82, 2.24) is 10.6 Å². The Morgan fingerprint density at radius 3 is 2.65 bits per heavy atom. The lowest BCUT2D eigenvalue weighted by Crippen LogP contribution is -2.42. The summed E-state index contributed by atoms with van der Waals surface area (Å²) < 4.78 is 0. The molecule has 4 heteroatoms. The van der Waals surface area contributed by atoms with Crippen molar-refractivity contribution in [1.29, 1.82) is 0 Å². The first-order chi connectivity index (χ1) is 8.27. The SMILES string of the molecule is CN[C@@H](CCCN)C(=O)NCc1ccccc1. The predicted octanol–water partition coefficient (Wildman–Crippen LogP) is 0.630. The second kappa shape index (κ2) is 7.81. The van der Waals surface area contributed by atoms with Crippen molar-refractivity contribution >= 4 is 5.91 Å². The van der Waals surface area contributed by atoms with E-state index in [9.17, 15) is 4.79 Å². The van der Waals surface area contributed by atoms with E-state index in [-0.39, 0.29) is 11.9 Å². The predicted molar refractivity (Wildman–Crippen MR) is 69.4 cm³/mol. The van der Waals surface area contributed by atoms with Crippen LogP contribution in [-0.4, -0.2) is 25.5 Å². The van der Waals surface area contributed by atoms with Crippen LogP contribution < -0.4 is 16.4 Å². The van der Waals surface area contributed by atoms with E-state index in [0.29, 0.717) is 13.1 Å². The van der Waals surface area contributed by atoms with Gasteiger partial charge in [0.1, 0.15) is 0 Å². The summed E-state index contributed by atoms with van der Waals surface area (Å²) in [6, 6.07) is 9.73. The molecule has 1 aromatic rings. The highest BCUT2D eigenvalue weighted by atomic mass is 16.2. The fourth-order valence-electron chi connectivity index (χ4n) is 1.64. The van der Waals surface area contributed by atoms with Gasteiger partial charge in [-0.05, 0) is 32.0 Å². The summed E-state index contributed by atoms with van der Waals surface area (Å²) in [4.78, 5) is 11.8. The van der Waals surface area contributed by atoms with E-state index in [0.717, 1.165) is 18.4 Å². The molecule has 0 spiro atoms. The van der Waals surface area contributed by atoms with Gasteiger partial charge in [0.05, 0.1) is 6.04 Å². The summed E-state index contributed by atoms with van der Waals surface area (Å²) >= 11 is 0. The Kier molecular flexibility index (Phi) is 6.29. The molecule has 0 saturated heterocycles. The minimum Gasteiger partial charge on any atom is -0.351 e. The zero-order valence-electron chi connectivity index (χ0n) is 10.3. The van der Waals surface area contributed by atoms with Crippen LogP contribution in [0.1, 0.15) is 18.4 Å². The number of likely N-dealkylation sites (N-methyl/N-ethyl adjacent to an activating group) is 1. The van der Waals surface area contributed by atoms with E-state index in [1.54, 1.807) is 7.05 Å². The number of benzene rings is 1. The van der Waals surface area contributed by atoms with Gasteiger partial charge in [-0.3, -0.25) is 4.79 Å². The summed E-state index contributed by atoms with van der Waals surface area (Å²) in [5, 5.41) is 5.92. The van der Waals surface area contributed by atoms with Gasteiger partial charge in [0, 0.05) is 6.54 Å². The van der Waals surface area contributed by atoms with Gasteiger partial charge in [-0.25, -0.2) is 0 Å². The number of nitrogens with one attached hydrogen (secondary N) is 2. The number of amides is 1. The van der Waals surface area contributed by atoms with Gasteiger partial charge in [0.2, 0.25) is 5.91 Å². The van der Waals surface area contributed by atoms with Gasteiger partial charge in [0.25, 0.3) is 0 Å². The number of hydrogen-bond acceptors (Lipinski definition) is 3. The molecule has 0 radical (unpaired) electrons. The first kappa shape index (κ1) is 13.7. The summed E-state index contributed by atoms with van der Waals surface area (Å²) in [6.45, 7) is 1.19. The third kappa shape index (κ3) is 4.97. The third-order valence-electron chi connectivity index (χ3n) is 2.67. The van der Waals surface area contributed by atoms with E-state index in [4.69, 9.17) is 5.73 Å². The lowest BCUT2D eigenvalue weighted by Gasteiger charge is -2.15. The number of rotatable bonds is 7. The average molecular weight is 235 g/mol. The normalized spacial score (nSPS) is 12.1. The number of nitrogens with two attached hydrogens (primary N) is 1. The number of carbonyl (C=O) groups is 1. The molecule has 17 heavy (non-hydrogen) atoms. The molecule has 1 amide bonds. The Morgan fingerprint density at radius 2 is 2.06 bits per heavy atom. The summed E-state index contributed by atoms with van der Waals surface area (Å²) in [6.07, 6.45) is 1.62. The molecule has 0 bridgehead atoms. The molecule has 0 aromatic heterocycles. The van der Waals surface area contributed by atoms with Crippen LogP contribution in [0.15, 0.2) is 30.3 Å². The van der Waals surface area contributed by atoms with E-state index >= 15 is 0 Å². The van der Waals surface area contributed by atoms with Crippen molar-refractivity contribution in [2.24, 2.45) is 5.73 Å². The van der Waals surface area contributed by atoms with Gasteiger partial charge in [0.15, 0.2) is 0 Å². The highest BCUT2D eigenvalue weighted by molar-refractivity contribution is 5.81. The summed E-state index contributed by atoms with van der Waals surface area (Å²) in [5.74, 6) is 0.0322. The molecular weight excluding hydrogens is 214 g/mol. The first-order valence-corrected chi connectivity index (χ1v) is 5.97. The van der Waals surface area contributed by atoms with Crippen molar-refractivity contribution in [3.8, 4) is 0 Å². The van der Waals surface area contributed by atoms with Crippen LogP contribution in [0.2, 0.25) is 0 Å². The van der Waals surface area contributed by atoms with Crippen LogP contribution in [0.25, 0.3) is 0 Å². The van der Waals surface area contributed by atoms with Gasteiger partial charge < -0.3 is 16.4 Å². The lowest BCUT2D eigenvalue weighted by molar-refractivity contribution is -0.123. The molecule has 0 heterocycles. The van der Waals surface area contributed by atoms with E-state index in [2.05, 4.69) is 10.6 Å². The van der Waals surface area contributed by atoms with Crippen LogP contribution in [0.4, 0.5) is 0 Å². The maximum atomic E-state index is 11.8. The molecule has 1 atom stereocenters. The fourth-order valence-corrected chi connectivity index (χ4v) is 1.64. The Hall–Kier alpha value is -1.39. The maximum absolute atomic E-state index is 11.8. The largest absolute Gasteiger partial charge is 0.351 e. The number of hydrogen-bond donors (Lipinski definition) is 3. The molecule has 0 fully saturated rings. The van der Waals surface area contributed by atoms with Crippen LogP contribution in [0, 0.1) is 0 Å². The second-order valence-electron chi connectivity index (χ2n) is 3.98. The Morgan fingerprint density at radius 1 is 1.35 bits per heavy atom. The molecule has 0 aliphatic rings. The monoisotopic (exact) mass is 235 g/mol. The van der Waals surface area contributed by atoms with E-state index in [1.165, 1.54) is 0 Å². The molecule has 0 aliphatic heterocycles. The molecule has 4 nitrogen and oxygen atoms in total. The molecule has 0 unspecified atom stereocenters. The molecule has 1 aromatic carbocycles. The average Bonchev–Trinajstić information content (AvgIpc) is 2.38. The Bertz CT molecular complexity index is 327. The van der Waals surface area contributed by atoms with Gasteiger partial charge in [-0.1, -0.05) is 30.3 Å². The zero-order chi connectivity index (χ0) is 12.5. The van der Waals surface area contributed by atoms with Crippen molar-refractivity contribution in [2.75, 3.05) is 13.6 Å². The van der Waals surface area contributed by atoms with Crippen LogP contribution >= 0.6 is 0 Å². The van der Waals surface area contributed by atoms with Crippen molar-refractivity contribution < 1.29 is 4.79 Å². The minimum atomic E-state index is -0.151. The van der Waals surface area contributed by atoms with E-state index < -0.39 is 0 Å². The maximum Gasteiger partial charge on any atom is 0.237 e. The number of carbonyl (C=O) groups excluding carboxylic acids is 1. The van der Waals surface area contributed by atoms with Crippen LogP contribution in [0.3, 0.4) is 0 Å². The molecule has 0 aliphatic carbocycles. The highest BCUT2D eigenvalue weighted by Crippen LogP contribution is 1.99. The topological polar surface area (TPSA) is 67.1 Å². The molecule has 94 valence electrons. The molecular formula is C13H21N3O. The van der Waals surface area contributed by atoms with Crippen molar-refractivity contribution in [3.05, 3.63) is 35.9 Å². The van der Waals surface area contributed by atoms with Crippen LogP contribution in [-0.2, 0) is 11.3 Å². The summed E-state index contributed by atoms with van der Waals surface area (Å²) in [5.41, 5.74) is 6.54. The van der Waals surface area contributed by atoms with Gasteiger partial charge >= 0.3 is 0 Å². The first-order valence-electron chi connectivity index (χ1n) is 5.97. The fraction of sp³-hybridized carbons (Fsp3) is 0.462. The molecule has 4 N–H and O–H groups in total. The van der Waals surface area contributed by atoms with Gasteiger partial charge in [-0.2, -0.15) is 0 Å². The van der Waals surface area contributed by atoms with Crippen molar-refractivity contribution in [2.45, 2.75) is 25.4 Å². The highest BCUT2D eigenvalue weighted by Gasteiger charge is 2.14. The smallest absolute Gasteiger partial charge is 0.237 e. The Labute approximate surface area is 103 Å². The molecule has 1 rings (SSSR count). The Balaban J connectivity index is 2.37. The zero-order valence-corrected chi connectivity index (χ0v) is 10.3. The second-order valence-corrected chi connectivity index (χ2v) is 3.98. The van der Waals surface area contributed by atoms with Crippen molar-refractivity contribution in [3.63, 3.8) is 0 Å². The summed E-state index contributed by atoms with van der Waals surface area (Å²) in [7, 11) is 1.79. The minimum absolute atomic E-state index is 0.0322. The van der Waals surface area contributed by atoms with Gasteiger partial charge in [-0.15, -0.1) is 0 Å².